The number of nitrogens with zero attached hydrogens (tertiary/aromatic N) is 1. The van der Waals surface area contributed by atoms with Crippen LogP contribution in [0, 0.1) is 23.7 Å². The summed E-state index contributed by atoms with van der Waals surface area (Å²) < 4.78 is 0. The molecule has 0 aromatic rings. The van der Waals surface area contributed by atoms with Crippen LogP contribution in [-0.2, 0) is 14.4 Å². The maximum atomic E-state index is 12.5. The first-order valence-corrected chi connectivity index (χ1v) is 7.43. The van der Waals surface area contributed by atoms with Gasteiger partial charge in [0.15, 0.2) is 0 Å². The highest BCUT2D eigenvalue weighted by Gasteiger charge is 2.51. The van der Waals surface area contributed by atoms with Gasteiger partial charge in [0.2, 0.25) is 11.8 Å². The number of allylic oxidation sites excluding steroid dienone is 2. The van der Waals surface area contributed by atoms with Crippen LogP contribution in [0.15, 0.2) is 12.2 Å². The Kier molecular flexibility index (Phi) is 3.47. The average molecular weight is 292 g/mol. The fraction of sp³-hybridized carbons (Fsp3) is 0.667. The van der Waals surface area contributed by atoms with Crippen molar-refractivity contribution in [2.75, 3.05) is 13.6 Å². The van der Waals surface area contributed by atoms with E-state index in [1.165, 1.54) is 0 Å². The molecule has 3 aliphatic rings. The maximum Gasteiger partial charge on any atom is 0.307 e. The van der Waals surface area contributed by atoms with Gasteiger partial charge in [0.05, 0.1) is 11.8 Å². The van der Waals surface area contributed by atoms with Gasteiger partial charge in [0.1, 0.15) is 0 Å². The third-order valence-electron chi connectivity index (χ3n) is 5.02. The minimum atomic E-state index is -0.886. The van der Waals surface area contributed by atoms with Gasteiger partial charge in [-0.25, -0.2) is 0 Å². The molecule has 6 heteroatoms. The van der Waals surface area contributed by atoms with Crippen LogP contribution in [0.25, 0.3) is 0 Å². The number of amides is 2. The molecule has 1 saturated heterocycles. The number of hydrogen-bond acceptors (Lipinski definition) is 3. The fourth-order valence-corrected chi connectivity index (χ4v) is 3.94. The van der Waals surface area contributed by atoms with Crippen molar-refractivity contribution in [1.82, 2.24) is 10.2 Å². The summed E-state index contributed by atoms with van der Waals surface area (Å²) in [5.74, 6) is -2.02. The Morgan fingerprint density at radius 2 is 1.95 bits per heavy atom. The number of rotatable bonds is 3. The minimum Gasteiger partial charge on any atom is -0.481 e. The van der Waals surface area contributed by atoms with Crippen molar-refractivity contribution in [3.05, 3.63) is 12.2 Å². The summed E-state index contributed by atoms with van der Waals surface area (Å²) >= 11 is 0. The topological polar surface area (TPSA) is 86.7 Å². The van der Waals surface area contributed by atoms with E-state index in [1.54, 1.807) is 11.9 Å². The fourth-order valence-electron chi connectivity index (χ4n) is 3.94. The molecule has 2 amide bonds. The molecule has 0 aromatic heterocycles. The monoisotopic (exact) mass is 292 g/mol. The second kappa shape index (κ2) is 5.16. The van der Waals surface area contributed by atoms with Crippen molar-refractivity contribution >= 4 is 17.8 Å². The van der Waals surface area contributed by atoms with Gasteiger partial charge in [-0.05, 0) is 24.7 Å². The Bertz CT molecular complexity index is 516. The van der Waals surface area contributed by atoms with E-state index in [4.69, 9.17) is 0 Å². The van der Waals surface area contributed by atoms with Gasteiger partial charge < -0.3 is 15.3 Å². The summed E-state index contributed by atoms with van der Waals surface area (Å²) in [6.07, 6.45) is 5.73. The average Bonchev–Trinajstić information content (AvgIpc) is 3.03. The predicted molar refractivity (Wildman–Crippen MR) is 74.2 cm³/mol. The lowest BCUT2D eigenvalue weighted by Crippen LogP contribution is -2.51. The van der Waals surface area contributed by atoms with Crippen molar-refractivity contribution in [3.63, 3.8) is 0 Å². The first-order chi connectivity index (χ1) is 9.97. The number of carbonyl (C=O) groups excluding carboxylic acids is 2. The Morgan fingerprint density at radius 3 is 2.57 bits per heavy atom. The zero-order chi connectivity index (χ0) is 15.1. The molecule has 0 radical (unpaired) electrons. The smallest absolute Gasteiger partial charge is 0.307 e. The van der Waals surface area contributed by atoms with Gasteiger partial charge in [0, 0.05) is 26.1 Å². The molecule has 2 bridgehead atoms. The van der Waals surface area contributed by atoms with Gasteiger partial charge in [0.25, 0.3) is 0 Å². The number of likely N-dealkylation sites (tertiary alicyclic amines) is 1. The number of carboxylic acids is 1. The Morgan fingerprint density at radius 1 is 1.29 bits per heavy atom. The molecule has 2 fully saturated rings. The third-order valence-corrected chi connectivity index (χ3v) is 5.02. The highest BCUT2D eigenvalue weighted by Crippen LogP contribution is 2.48. The summed E-state index contributed by atoms with van der Waals surface area (Å²) in [6.45, 7) is 0.499. The molecule has 1 heterocycles. The molecule has 0 spiro atoms. The highest BCUT2D eigenvalue weighted by atomic mass is 16.4. The molecular weight excluding hydrogens is 272 g/mol. The van der Waals surface area contributed by atoms with Crippen molar-refractivity contribution in [3.8, 4) is 0 Å². The maximum absolute atomic E-state index is 12.5. The largest absolute Gasteiger partial charge is 0.481 e. The zero-order valence-corrected chi connectivity index (χ0v) is 12.0. The van der Waals surface area contributed by atoms with Gasteiger partial charge in [-0.1, -0.05) is 12.2 Å². The quantitative estimate of drug-likeness (QED) is 0.730. The summed E-state index contributed by atoms with van der Waals surface area (Å²) in [5, 5.41) is 12.3. The molecule has 6 nitrogen and oxygen atoms in total. The number of nitrogens with one attached hydrogen (secondary N) is 1. The molecule has 3 unspecified atom stereocenters. The molecule has 114 valence electrons. The zero-order valence-electron chi connectivity index (χ0n) is 12.0. The third kappa shape index (κ3) is 2.43. The molecule has 2 N–H and O–H groups in total. The summed E-state index contributed by atoms with van der Waals surface area (Å²) in [6, 6.07) is -0.0715. The minimum absolute atomic E-state index is 0.0149. The Labute approximate surface area is 123 Å². The number of hydrogen-bond donors (Lipinski definition) is 2. The van der Waals surface area contributed by atoms with Gasteiger partial charge in [-0.3, -0.25) is 14.4 Å². The first-order valence-electron chi connectivity index (χ1n) is 7.43. The molecular formula is C15H20N2O4. The van der Waals surface area contributed by atoms with Gasteiger partial charge in [-0.2, -0.15) is 0 Å². The van der Waals surface area contributed by atoms with E-state index < -0.39 is 17.8 Å². The molecule has 3 rings (SSSR count). The Hall–Kier alpha value is -1.85. The van der Waals surface area contributed by atoms with Crippen LogP contribution in [0.5, 0.6) is 0 Å². The lowest BCUT2D eigenvalue weighted by Gasteiger charge is -2.32. The second-order valence-electron chi connectivity index (χ2n) is 6.36. The number of carboxylic acid groups (broad SMARTS) is 1. The molecule has 5 atom stereocenters. The van der Waals surface area contributed by atoms with E-state index in [0.29, 0.717) is 19.4 Å². The summed E-state index contributed by atoms with van der Waals surface area (Å²) in [7, 11) is 1.72. The van der Waals surface area contributed by atoms with E-state index in [2.05, 4.69) is 5.32 Å². The van der Waals surface area contributed by atoms with Crippen LogP contribution in [0.2, 0.25) is 0 Å². The van der Waals surface area contributed by atoms with Crippen LogP contribution in [-0.4, -0.2) is 47.4 Å². The van der Waals surface area contributed by atoms with Gasteiger partial charge in [-0.15, -0.1) is 0 Å². The molecule has 1 saturated carbocycles. The second-order valence-corrected chi connectivity index (χ2v) is 6.36. The van der Waals surface area contributed by atoms with E-state index in [1.807, 2.05) is 12.2 Å². The van der Waals surface area contributed by atoms with Crippen molar-refractivity contribution < 1.29 is 19.5 Å². The number of aliphatic carboxylic acids is 1. The SMILES string of the molecule is CN1CC(NC(=O)[C@H]2C3C=CC(C3)[C@H]2C(=O)O)CCC1=O. The van der Waals surface area contributed by atoms with Crippen LogP contribution in [0.4, 0.5) is 0 Å². The number of carbonyl (C=O) groups is 3. The van der Waals surface area contributed by atoms with Crippen LogP contribution >= 0.6 is 0 Å². The van der Waals surface area contributed by atoms with Crippen LogP contribution < -0.4 is 5.32 Å². The molecule has 2 aliphatic carbocycles. The van der Waals surface area contributed by atoms with Crippen LogP contribution in [0.1, 0.15) is 19.3 Å². The van der Waals surface area contributed by atoms with E-state index in [-0.39, 0.29) is 29.7 Å². The highest BCUT2D eigenvalue weighted by molar-refractivity contribution is 5.87. The Balaban J connectivity index is 1.66. The number of piperidine rings is 1. The molecule has 21 heavy (non-hydrogen) atoms. The van der Waals surface area contributed by atoms with E-state index in [9.17, 15) is 19.5 Å². The number of fused-ring (bicyclic) bond motifs is 2. The summed E-state index contributed by atoms with van der Waals surface area (Å²) in [5.41, 5.74) is 0. The predicted octanol–water partition coefficient (Wildman–Crippen LogP) is 0.246. The van der Waals surface area contributed by atoms with E-state index >= 15 is 0 Å². The molecule has 0 aromatic carbocycles. The van der Waals surface area contributed by atoms with Gasteiger partial charge >= 0.3 is 5.97 Å². The lowest BCUT2D eigenvalue weighted by molar-refractivity contribution is -0.148. The normalized spacial score (nSPS) is 37.9. The van der Waals surface area contributed by atoms with Crippen molar-refractivity contribution in [2.24, 2.45) is 23.7 Å². The van der Waals surface area contributed by atoms with Crippen LogP contribution in [0.3, 0.4) is 0 Å². The van der Waals surface area contributed by atoms with E-state index in [0.717, 1.165) is 6.42 Å². The standard InChI is InChI=1S/C15H20N2O4/c1-17-7-10(4-5-11(17)18)16-14(19)12-8-2-3-9(6-8)13(12)15(20)21/h2-3,8-10,12-13H,4-7H2,1H3,(H,16,19)(H,20,21)/t8?,9?,10?,12-,13+/m0/s1. The molecule has 1 aliphatic heterocycles. The summed E-state index contributed by atoms with van der Waals surface area (Å²) in [4.78, 5) is 37.0. The van der Waals surface area contributed by atoms with Crippen molar-refractivity contribution in [2.45, 2.75) is 25.3 Å². The lowest BCUT2D eigenvalue weighted by atomic mass is 9.82. The first kappa shape index (κ1) is 14.1. The van der Waals surface area contributed by atoms with Crippen molar-refractivity contribution in [1.29, 1.82) is 0 Å². The number of likely N-dealkylation sites (N-methyl/N-ethyl adjacent to an activating group) is 1.